The van der Waals surface area contributed by atoms with E-state index in [0.717, 1.165) is 10.1 Å². The molecule has 0 fully saturated rings. The zero-order valence-electron chi connectivity index (χ0n) is 6.39. The van der Waals surface area contributed by atoms with Crippen LogP contribution in [-0.4, -0.2) is 11.2 Å². The zero-order chi connectivity index (χ0) is 8.15. The summed E-state index contributed by atoms with van der Waals surface area (Å²) < 4.78 is 0.852. The second kappa shape index (κ2) is 4.69. The Labute approximate surface area is 70.6 Å². The summed E-state index contributed by atoms with van der Waals surface area (Å²) in [6, 6.07) is 0. The third-order valence-electron chi connectivity index (χ3n) is 1.02. The molecule has 1 atom stereocenters. The quantitative estimate of drug-likeness (QED) is 0.702. The van der Waals surface area contributed by atoms with Gasteiger partial charge in [0.05, 0.1) is 6.10 Å². The normalized spacial score (nSPS) is 15.0. The molecule has 1 nitrogen and oxygen atoms in total. The van der Waals surface area contributed by atoms with E-state index in [2.05, 4.69) is 22.5 Å². The predicted octanol–water partition coefficient (Wildman–Crippen LogP) is 2.61. The zero-order valence-corrected chi connectivity index (χ0v) is 7.98. The molecule has 0 bridgehead atoms. The molecule has 0 heterocycles. The first-order chi connectivity index (χ1) is 4.52. The van der Waals surface area contributed by atoms with Crippen molar-refractivity contribution in [1.29, 1.82) is 0 Å². The van der Waals surface area contributed by atoms with E-state index in [9.17, 15) is 0 Å². The Bertz CT molecular complexity index is 147. The van der Waals surface area contributed by atoms with Crippen LogP contribution in [0.2, 0.25) is 0 Å². The summed E-state index contributed by atoms with van der Waals surface area (Å²) in [5, 5.41) is 8.95. The monoisotopic (exact) mass is 204 g/mol. The fourth-order valence-electron chi connectivity index (χ4n) is 0.792. The van der Waals surface area contributed by atoms with Crippen LogP contribution in [-0.2, 0) is 0 Å². The number of aliphatic hydroxyl groups excluding tert-OH is 1. The maximum atomic E-state index is 8.95. The van der Waals surface area contributed by atoms with Crippen molar-refractivity contribution in [1.82, 2.24) is 0 Å². The molecule has 0 aromatic heterocycles. The molecule has 2 heteroatoms. The molecule has 0 spiro atoms. The van der Waals surface area contributed by atoms with Gasteiger partial charge in [0.25, 0.3) is 0 Å². The van der Waals surface area contributed by atoms with Gasteiger partial charge in [0.15, 0.2) is 0 Å². The van der Waals surface area contributed by atoms with Gasteiger partial charge in [-0.15, -0.1) is 0 Å². The molecule has 58 valence electrons. The Morgan fingerprint density at radius 2 is 2.30 bits per heavy atom. The molecule has 0 aliphatic heterocycles. The minimum absolute atomic E-state index is 0.261. The van der Waals surface area contributed by atoms with Crippen LogP contribution in [0.4, 0.5) is 0 Å². The summed E-state index contributed by atoms with van der Waals surface area (Å²) >= 11 is 3.21. The van der Waals surface area contributed by atoms with E-state index in [0.29, 0.717) is 6.42 Å². The molecule has 0 saturated carbocycles. The summed E-state index contributed by atoms with van der Waals surface area (Å²) in [7, 11) is 0. The first kappa shape index (κ1) is 9.92. The molecule has 10 heavy (non-hydrogen) atoms. The molecular formula is C8H13BrO. The largest absolute Gasteiger partial charge is 0.393 e. The lowest BCUT2D eigenvalue weighted by atomic mass is 10.1. The number of halogens is 1. The Morgan fingerprint density at radius 3 is 2.60 bits per heavy atom. The van der Waals surface area contributed by atoms with Crippen molar-refractivity contribution in [3.05, 3.63) is 22.7 Å². The fourth-order valence-corrected chi connectivity index (χ4v) is 1.18. The molecular weight excluding hydrogens is 192 g/mol. The van der Waals surface area contributed by atoms with Gasteiger partial charge in [-0.2, -0.15) is 0 Å². The SMILES string of the molecule is C=C(Br)/C=C(/C)CC(C)O. The van der Waals surface area contributed by atoms with Crippen molar-refractivity contribution in [2.45, 2.75) is 26.4 Å². The average Bonchev–Trinajstić information content (AvgIpc) is 1.58. The molecule has 0 aromatic rings. The highest BCUT2D eigenvalue weighted by Crippen LogP contribution is 2.10. The fraction of sp³-hybridized carbons (Fsp3) is 0.500. The Kier molecular flexibility index (Phi) is 4.65. The van der Waals surface area contributed by atoms with Crippen molar-refractivity contribution in [2.24, 2.45) is 0 Å². The van der Waals surface area contributed by atoms with Crippen LogP contribution < -0.4 is 0 Å². The molecule has 0 aromatic carbocycles. The third-order valence-corrected chi connectivity index (χ3v) is 1.25. The Hall–Kier alpha value is -0.0800. The van der Waals surface area contributed by atoms with E-state index >= 15 is 0 Å². The van der Waals surface area contributed by atoms with Gasteiger partial charge in [0, 0.05) is 4.48 Å². The lowest BCUT2D eigenvalue weighted by molar-refractivity contribution is 0.195. The van der Waals surface area contributed by atoms with Crippen molar-refractivity contribution in [2.75, 3.05) is 0 Å². The highest BCUT2D eigenvalue weighted by atomic mass is 79.9. The van der Waals surface area contributed by atoms with E-state index < -0.39 is 0 Å². The minimum Gasteiger partial charge on any atom is -0.393 e. The number of allylic oxidation sites excluding steroid dienone is 2. The summed E-state index contributed by atoms with van der Waals surface area (Å²) in [6.07, 6.45) is 2.36. The minimum atomic E-state index is -0.261. The van der Waals surface area contributed by atoms with E-state index in [1.54, 1.807) is 6.92 Å². The van der Waals surface area contributed by atoms with E-state index in [1.165, 1.54) is 0 Å². The summed E-state index contributed by atoms with van der Waals surface area (Å²) in [4.78, 5) is 0. The summed E-state index contributed by atoms with van der Waals surface area (Å²) in [5.74, 6) is 0. The molecule has 0 aliphatic rings. The first-order valence-corrected chi connectivity index (χ1v) is 4.01. The smallest absolute Gasteiger partial charge is 0.0549 e. The van der Waals surface area contributed by atoms with Gasteiger partial charge >= 0.3 is 0 Å². The number of hydrogen-bond donors (Lipinski definition) is 1. The van der Waals surface area contributed by atoms with Gasteiger partial charge in [-0.25, -0.2) is 0 Å². The molecule has 0 radical (unpaired) electrons. The van der Waals surface area contributed by atoms with Gasteiger partial charge in [0.2, 0.25) is 0 Å². The lowest BCUT2D eigenvalue weighted by Gasteiger charge is -2.02. The predicted molar refractivity (Wildman–Crippen MR) is 48.1 cm³/mol. The second-order valence-corrected chi connectivity index (χ2v) is 3.51. The highest BCUT2D eigenvalue weighted by molar-refractivity contribution is 9.11. The van der Waals surface area contributed by atoms with Crippen molar-refractivity contribution >= 4 is 15.9 Å². The Balaban J connectivity index is 3.83. The van der Waals surface area contributed by atoms with Gasteiger partial charge in [0.1, 0.15) is 0 Å². The number of aliphatic hydroxyl groups is 1. The number of rotatable bonds is 3. The second-order valence-electron chi connectivity index (χ2n) is 2.49. The van der Waals surface area contributed by atoms with Gasteiger partial charge in [-0.05, 0) is 26.3 Å². The van der Waals surface area contributed by atoms with Crippen LogP contribution >= 0.6 is 15.9 Å². The van der Waals surface area contributed by atoms with Crippen LogP contribution in [0.3, 0.4) is 0 Å². The van der Waals surface area contributed by atoms with Crippen LogP contribution in [0.15, 0.2) is 22.7 Å². The highest BCUT2D eigenvalue weighted by Gasteiger charge is 1.95. The molecule has 1 unspecified atom stereocenters. The van der Waals surface area contributed by atoms with Crippen molar-refractivity contribution < 1.29 is 5.11 Å². The van der Waals surface area contributed by atoms with E-state index in [1.807, 2.05) is 13.0 Å². The molecule has 0 amide bonds. The van der Waals surface area contributed by atoms with Crippen LogP contribution in [0.5, 0.6) is 0 Å². The topological polar surface area (TPSA) is 20.2 Å². The maximum Gasteiger partial charge on any atom is 0.0549 e. The molecule has 0 aliphatic carbocycles. The molecule has 0 saturated heterocycles. The van der Waals surface area contributed by atoms with Crippen LogP contribution in [0, 0.1) is 0 Å². The average molecular weight is 205 g/mol. The van der Waals surface area contributed by atoms with E-state index in [4.69, 9.17) is 5.11 Å². The Morgan fingerprint density at radius 1 is 1.80 bits per heavy atom. The number of hydrogen-bond acceptors (Lipinski definition) is 1. The molecule has 1 N–H and O–H groups in total. The molecule has 0 rings (SSSR count). The van der Waals surface area contributed by atoms with Crippen LogP contribution in [0.25, 0.3) is 0 Å². The van der Waals surface area contributed by atoms with E-state index in [-0.39, 0.29) is 6.10 Å². The lowest BCUT2D eigenvalue weighted by Crippen LogP contribution is -1.99. The van der Waals surface area contributed by atoms with Crippen LogP contribution in [0.1, 0.15) is 20.3 Å². The van der Waals surface area contributed by atoms with Gasteiger partial charge in [-0.3, -0.25) is 0 Å². The standard InChI is InChI=1S/C8H13BrO/c1-6(4-7(2)9)5-8(3)10/h4,8,10H,2,5H2,1,3H3/b6-4-. The van der Waals surface area contributed by atoms with Gasteiger partial charge < -0.3 is 5.11 Å². The first-order valence-electron chi connectivity index (χ1n) is 3.22. The van der Waals surface area contributed by atoms with Crippen molar-refractivity contribution in [3.63, 3.8) is 0 Å². The summed E-state index contributed by atoms with van der Waals surface area (Å²) in [6.45, 7) is 7.40. The van der Waals surface area contributed by atoms with Gasteiger partial charge in [-0.1, -0.05) is 28.1 Å². The van der Waals surface area contributed by atoms with Crippen molar-refractivity contribution in [3.8, 4) is 0 Å². The third kappa shape index (κ3) is 6.05. The maximum absolute atomic E-state index is 8.95. The summed E-state index contributed by atoms with van der Waals surface area (Å²) in [5.41, 5.74) is 1.14.